The summed E-state index contributed by atoms with van der Waals surface area (Å²) in [5.41, 5.74) is 2.62. The van der Waals surface area contributed by atoms with Gasteiger partial charge in [-0.25, -0.2) is 18.7 Å². The van der Waals surface area contributed by atoms with Crippen molar-refractivity contribution in [1.29, 1.82) is 0 Å². The number of alkyl halides is 2. The Hall–Kier alpha value is -2.88. The molecule has 0 spiro atoms. The first-order valence-corrected chi connectivity index (χ1v) is 10.6. The Labute approximate surface area is 177 Å². The van der Waals surface area contributed by atoms with Crippen LogP contribution in [0, 0.1) is 5.92 Å². The van der Waals surface area contributed by atoms with E-state index in [1.165, 1.54) is 0 Å². The van der Waals surface area contributed by atoms with Gasteiger partial charge in [0.15, 0.2) is 0 Å². The highest BCUT2D eigenvalue weighted by atomic mass is 19.3. The zero-order valence-electron chi connectivity index (χ0n) is 16.7. The van der Waals surface area contributed by atoms with E-state index in [1.54, 1.807) is 17.3 Å². The number of fused-ring (bicyclic) bond motifs is 2. The molecule has 1 N–H and O–H groups in total. The molecule has 31 heavy (non-hydrogen) atoms. The Morgan fingerprint density at radius 2 is 2.10 bits per heavy atom. The largest absolute Gasteiger partial charge is 0.377 e. The topological polar surface area (TPSA) is 85.2 Å². The van der Waals surface area contributed by atoms with Gasteiger partial charge in [0.05, 0.1) is 42.9 Å². The number of hydrogen-bond donors (Lipinski definition) is 1. The Bertz CT molecular complexity index is 1070. The van der Waals surface area contributed by atoms with Crippen molar-refractivity contribution in [3.05, 3.63) is 36.4 Å². The molecule has 5 heterocycles. The molecule has 2 aromatic rings. The molecular formula is C21H22F2N6O2. The van der Waals surface area contributed by atoms with E-state index in [1.807, 2.05) is 23.0 Å². The smallest absolute Gasteiger partial charge is 0.260 e. The number of hydrogen-bond acceptors (Lipinski definition) is 6. The summed E-state index contributed by atoms with van der Waals surface area (Å²) in [5.74, 6) is -3.89. The maximum atomic E-state index is 13.4. The van der Waals surface area contributed by atoms with Crippen LogP contribution in [0.1, 0.15) is 37.4 Å². The fourth-order valence-corrected chi connectivity index (χ4v) is 4.73. The van der Waals surface area contributed by atoms with Gasteiger partial charge in [0, 0.05) is 24.9 Å². The van der Waals surface area contributed by atoms with Crippen LogP contribution in [-0.4, -0.2) is 61.8 Å². The molecule has 3 fully saturated rings. The number of carbonyl (C=O) groups excluding carboxylic acids is 1. The van der Waals surface area contributed by atoms with Gasteiger partial charge in [-0.05, 0) is 30.9 Å². The molecule has 10 heteroatoms. The van der Waals surface area contributed by atoms with Crippen LogP contribution in [-0.2, 0) is 9.53 Å². The molecule has 0 aromatic carbocycles. The first-order chi connectivity index (χ1) is 15.0. The highest BCUT2D eigenvalue weighted by molar-refractivity contribution is 5.85. The van der Waals surface area contributed by atoms with Crippen molar-refractivity contribution in [1.82, 2.24) is 24.6 Å². The van der Waals surface area contributed by atoms with Gasteiger partial charge in [-0.15, -0.1) is 0 Å². The molecule has 162 valence electrons. The summed E-state index contributed by atoms with van der Waals surface area (Å²) in [4.78, 5) is 23.2. The van der Waals surface area contributed by atoms with E-state index in [2.05, 4.69) is 20.4 Å². The minimum atomic E-state index is -2.83. The highest BCUT2D eigenvalue weighted by Crippen LogP contribution is 2.51. The minimum absolute atomic E-state index is 0.0387. The third-order valence-electron chi connectivity index (χ3n) is 6.61. The fraction of sp³-hybridized carbons (Fsp3) is 0.524. The minimum Gasteiger partial charge on any atom is -0.377 e. The first kappa shape index (κ1) is 18.9. The fourth-order valence-electron chi connectivity index (χ4n) is 4.73. The van der Waals surface area contributed by atoms with Crippen LogP contribution in [0.3, 0.4) is 0 Å². The second kappa shape index (κ2) is 6.81. The summed E-state index contributed by atoms with van der Waals surface area (Å²) in [5, 5.41) is 7.53. The maximum absolute atomic E-state index is 13.4. The number of rotatable bonds is 5. The van der Waals surface area contributed by atoms with Gasteiger partial charge < -0.3 is 15.0 Å². The number of carbonyl (C=O) groups is 1. The van der Waals surface area contributed by atoms with Gasteiger partial charge in [-0.3, -0.25) is 9.48 Å². The summed E-state index contributed by atoms with van der Waals surface area (Å²) in [7, 11) is 0. The zero-order chi connectivity index (χ0) is 21.2. The van der Waals surface area contributed by atoms with E-state index in [0.717, 1.165) is 29.8 Å². The Morgan fingerprint density at radius 1 is 1.26 bits per heavy atom. The molecular weight excluding hydrogens is 406 g/mol. The standard InChI is InChI=1S/C21H22F2N6O2/c22-21(23)7-17(21)19(30)29-14-1-2-15(29)6-12(5-14)18-3-4-24-20(27-18)26-13-8-25-28(9-13)16-10-31-11-16/h3-5,8-9,14-17H,1-2,6-7,10-11H2,(H,24,26,27). The second-order valence-corrected chi connectivity index (χ2v) is 8.75. The van der Waals surface area contributed by atoms with Crippen LogP contribution in [0.2, 0.25) is 0 Å². The van der Waals surface area contributed by atoms with Crippen LogP contribution in [0.4, 0.5) is 20.4 Å². The molecule has 0 radical (unpaired) electrons. The SMILES string of the molecule is O=C(C1CC1(F)F)N1C2C=C(c3ccnc(Nc4cnn(C5COC5)c4)n3)CC1CC2. The lowest BCUT2D eigenvalue weighted by molar-refractivity contribution is -0.137. The van der Waals surface area contributed by atoms with Gasteiger partial charge in [0.25, 0.3) is 5.92 Å². The lowest BCUT2D eigenvalue weighted by Crippen LogP contribution is -2.44. The van der Waals surface area contributed by atoms with Crippen molar-refractivity contribution in [2.75, 3.05) is 18.5 Å². The lowest BCUT2D eigenvalue weighted by atomic mass is 9.98. The van der Waals surface area contributed by atoms with Gasteiger partial charge in [-0.2, -0.15) is 5.10 Å². The van der Waals surface area contributed by atoms with Crippen molar-refractivity contribution in [3.8, 4) is 0 Å². The molecule has 2 saturated heterocycles. The van der Waals surface area contributed by atoms with E-state index in [-0.39, 0.29) is 24.5 Å². The van der Waals surface area contributed by atoms with E-state index in [4.69, 9.17) is 4.74 Å². The number of nitrogens with one attached hydrogen (secondary N) is 1. The molecule has 1 saturated carbocycles. The van der Waals surface area contributed by atoms with E-state index < -0.39 is 17.7 Å². The highest BCUT2D eigenvalue weighted by Gasteiger charge is 2.63. The van der Waals surface area contributed by atoms with Gasteiger partial charge in [0.1, 0.15) is 5.92 Å². The van der Waals surface area contributed by atoms with Crippen molar-refractivity contribution in [3.63, 3.8) is 0 Å². The molecule has 4 aliphatic rings. The monoisotopic (exact) mass is 428 g/mol. The summed E-state index contributed by atoms with van der Waals surface area (Å²) in [6, 6.07) is 1.94. The normalized spacial score (nSPS) is 28.8. The third kappa shape index (κ3) is 3.29. The predicted octanol–water partition coefficient (Wildman–Crippen LogP) is 2.79. The summed E-state index contributed by atoms with van der Waals surface area (Å²) >= 11 is 0. The zero-order valence-corrected chi connectivity index (χ0v) is 16.7. The van der Waals surface area contributed by atoms with Crippen LogP contribution < -0.4 is 5.32 Å². The van der Waals surface area contributed by atoms with Crippen molar-refractivity contribution >= 4 is 23.1 Å². The van der Waals surface area contributed by atoms with Crippen LogP contribution in [0.25, 0.3) is 5.57 Å². The first-order valence-electron chi connectivity index (χ1n) is 10.6. The Morgan fingerprint density at radius 3 is 2.81 bits per heavy atom. The molecule has 2 bridgehead atoms. The number of halogens is 2. The Balaban J connectivity index is 1.18. The van der Waals surface area contributed by atoms with Gasteiger partial charge in [0.2, 0.25) is 11.9 Å². The molecule has 1 aliphatic carbocycles. The quantitative estimate of drug-likeness (QED) is 0.788. The van der Waals surface area contributed by atoms with Gasteiger partial charge >= 0.3 is 0 Å². The molecule has 8 nitrogen and oxygen atoms in total. The maximum Gasteiger partial charge on any atom is 0.260 e. The van der Waals surface area contributed by atoms with E-state index in [0.29, 0.717) is 25.6 Å². The summed E-state index contributed by atoms with van der Waals surface area (Å²) in [6.07, 6.45) is 9.28. The lowest BCUT2D eigenvalue weighted by Gasteiger charge is -2.34. The van der Waals surface area contributed by atoms with Crippen LogP contribution in [0.5, 0.6) is 0 Å². The number of anilines is 2. The van der Waals surface area contributed by atoms with Crippen molar-refractivity contribution in [2.45, 2.75) is 49.7 Å². The van der Waals surface area contributed by atoms with Crippen LogP contribution >= 0.6 is 0 Å². The summed E-state index contributed by atoms with van der Waals surface area (Å²) < 4.78 is 33.9. The molecule has 3 aliphatic heterocycles. The average molecular weight is 428 g/mol. The average Bonchev–Trinajstić information content (AvgIpc) is 2.99. The van der Waals surface area contributed by atoms with E-state index in [9.17, 15) is 13.6 Å². The second-order valence-electron chi connectivity index (χ2n) is 8.75. The molecule has 2 aromatic heterocycles. The van der Waals surface area contributed by atoms with Crippen molar-refractivity contribution < 1.29 is 18.3 Å². The molecule has 3 unspecified atom stereocenters. The molecule has 1 amide bonds. The molecule has 6 rings (SSSR count). The molecule has 3 atom stereocenters. The predicted molar refractivity (Wildman–Crippen MR) is 107 cm³/mol. The van der Waals surface area contributed by atoms with Crippen molar-refractivity contribution in [2.24, 2.45) is 5.92 Å². The number of ether oxygens (including phenoxy) is 1. The Kier molecular flexibility index (Phi) is 4.14. The van der Waals surface area contributed by atoms with Crippen LogP contribution in [0.15, 0.2) is 30.7 Å². The van der Waals surface area contributed by atoms with E-state index >= 15 is 0 Å². The number of aromatic nitrogens is 4. The third-order valence-corrected chi connectivity index (χ3v) is 6.61. The summed E-state index contributed by atoms with van der Waals surface area (Å²) in [6.45, 7) is 1.34. The number of nitrogens with zero attached hydrogens (tertiary/aromatic N) is 5. The number of amides is 1. The van der Waals surface area contributed by atoms with Gasteiger partial charge in [-0.1, -0.05) is 6.08 Å².